The Kier molecular flexibility index (Phi) is 6.25. The van der Waals surface area contributed by atoms with Gasteiger partial charge in [-0.05, 0) is 48.7 Å². The molecule has 1 aliphatic heterocycles. The summed E-state index contributed by atoms with van der Waals surface area (Å²) in [4.78, 5) is 13.5. The second kappa shape index (κ2) is 8.78. The van der Waals surface area contributed by atoms with Crippen LogP contribution in [0.2, 0.25) is 5.02 Å². The lowest BCUT2D eigenvalue weighted by molar-refractivity contribution is -0.124. The zero-order valence-corrected chi connectivity index (χ0v) is 18.8. The summed E-state index contributed by atoms with van der Waals surface area (Å²) in [5.41, 5.74) is 0.577. The van der Waals surface area contributed by atoms with Crippen LogP contribution in [0.25, 0.3) is 0 Å². The van der Waals surface area contributed by atoms with Crippen molar-refractivity contribution in [2.24, 2.45) is 0 Å². The summed E-state index contributed by atoms with van der Waals surface area (Å²) in [5, 5.41) is 3.54. The Morgan fingerprint density at radius 3 is 2.39 bits per heavy atom. The van der Waals surface area contributed by atoms with Crippen molar-refractivity contribution in [3.05, 3.63) is 53.1 Å². The van der Waals surface area contributed by atoms with Gasteiger partial charge in [-0.15, -0.1) is 0 Å². The quantitative estimate of drug-likeness (QED) is 0.708. The molecule has 0 atom stereocenters. The number of carbonyl (C=O) groups excluding carboxylic acids is 1. The molecular formula is C22H25ClN2O5S. The van der Waals surface area contributed by atoms with Crippen LogP contribution in [-0.4, -0.2) is 52.0 Å². The van der Waals surface area contributed by atoms with Gasteiger partial charge in [0.1, 0.15) is 5.75 Å². The third-order valence-corrected chi connectivity index (χ3v) is 8.21. The maximum Gasteiger partial charge on any atom is 0.243 e. The minimum atomic E-state index is -3.70. The first-order chi connectivity index (χ1) is 14.9. The number of benzene rings is 2. The fraction of sp³-hybridized carbons (Fsp3) is 0.409. The number of halogens is 1. The minimum Gasteiger partial charge on any atom is -0.495 e. The van der Waals surface area contributed by atoms with Crippen molar-refractivity contribution in [3.63, 3.8) is 0 Å². The van der Waals surface area contributed by atoms with E-state index in [0.717, 1.165) is 12.0 Å². The molecule has 0 spiro atoms. The smallest absolute Gasteiger partial charge is 0.243 e. The van der Waals surface area contributed by atoms with Gasteiger partial charge in [0.25, 0.3) is 0 Å². The highest BCUT2D eigenvalue weighted by Gasteiger charge is 2.45. The number of carbonyl (C=O) groups is 1. The number of anilines is 1. The van der Waals surface area contributed by atoms with Gasteiger partial charge in [-0.2, -0.15) is 4.31 Å². The Bertz CT molecular complexity index is 1060. The second-order valence-corrected chi connectivity index (χ2v) is 10.1. The number of methoxy groups -OCH3 is 1. The van der Waals surface area contributed by atoms with Gasteiger partial charge in [0, 0.05) is 18.1 Å². The van der Waals surface area contributed by atoms with Gasteiger partial charge < -0.3 is 14.8 Å². The number of nitrogens with zero attached hydrogens (tertiary/aromatic N) is 1. The van der Waals surface area contributed by atoms with E-state index in [-0.39, 0.29) is 10.8 Å². The van der Waals surface area contributed by atoms with Crippen molar-refractivity contribution < 1.29 is 22.7 Å². The van der Waals surface area contributed by atoms with Crippen LogP contribution in [0.15, 0.2) is 47.4 Å². The molecule has 9 heteroatoms. The van der Waals surface area contributed by atoms with Crippen LogP contribution >= 0.6 is 11.6 Å². The standard InChI is InChI=1S/C22H25ClN2O5S/c1-29-20-8-7-18(31(27,28)25-11-13-30-14-12-25)15-19(20)24-21(26)22(9-2-10-22)16-3-5-17(23)6-4-16/h3-8,15H,2,9-14H2,1H3,(H,24,26). The molecule has 1 N–H and O–H groups in total. The molecule has 1 saturated heterocycles. The van der Waals surface area contributed by atoms with Gasteiger partial charge in [-0.3, -0.25) is 4.79 Å². The van der Waals surface area contributed by atoms with Gasteiger partial charge in [-0.25, -0.2) is 8.42 Å². The van der Waals surface area contributed by atoms with Crippen LogP contribution in [0.3, 0.4) is 0 Å². The maximum absolute atomic E-state index is 13.4. The second-order valence-electron chi connectivity index (χ2n) is 7.78. The van der Waals surface area contributed by atoms with Crippen molar-refractivity contribution in [2.75, 3.05) is 38.7 Å². The number of nitrogens with one attached hydrogen (secondary N) is 1. The molecule has 1 heterocycles. The molecule has 2 aliphatic rings. The van der Waals surface area contributed by atoms with Crippen LogP contribution in [-0.2, 0) is 25.0 Å². The van der Waals surface area contributed by atoms with E-state index >= 15 is 0 Å². The van der Waals surface area contributed by atoms with E-state index in [4.69, 9.17) is 21.1 Å². The van der Waals surface area contributed by atoms with E-state index in [0.29, 0.717) is 55.6 Å². The summed E-state index contributed by atoms with van der Waals surface area (Å²) in [7, 11) is -2.21. The van der Waals surface area contributed by atoms with Crippen LogP contribution in [0, 0.1) is 0 Å². The number of ether oxygens (including phenoxy) is 2. The molecule has 166 valence electrons. The van der Waals surface area contributed by atoms with Crippen LogP contribution < -0.4 is 10.1 Å². The number of sulfonamides is 1. The number of rotatable bonds is 6. The van der Waals surface area contributed by atoms with E-state index in [1.54, 1.807) is 18.2 Å². The average Bonchev–Trinajstić information content (AvgIpc) is 2.75. The zero-order valence-electron chi connectivity index (χ0n) is 17.3. The van der Waals surface area contributed by atoms with Gasteiger partial charge in [0.05, 0.1) is 36.3 Å². The fourth-order valence-corrected chi connectivity index (χ4v) is 5.63. The fourth-order valence-electron chi connectivity index (χ4n) is 4.07. The molecule has 1 amide bonds. The zero-order chi connectivity index (χ0) is 22.1. The van der Waals surface area contributed by atoms with Crippen molar-refractivity contribution >= 4 is 33.2 Å². The Hall–Kier alpha value is -2.13. The molecule has 4 rings (SSSR count). The Labute approximate surface area is 187 Å². The van der Waals surface area contributed by atoms with Gasteiger partial charge in [0.15, 0.2) is 0 Å². The lowest BCUT2D eigenvalue weighted by atomic mass is 9.64. The van der Waals surface area contributed by atoms with Crippen molar-refractivity contribution in [1.29, 1.82) is 0 Å². The topological polar surface area (TPSA) is 84.9 Å². The number of hydrogen-bond acceptors (Lipinski definition) is 5. The average molecular weight is 465 g/mol. The normalized spacial score (nSPS) is 18.8. The molecule has 2 fully saturated rings. The first-order valence-electron chi connectivity index (χ1n) is 10.2. The van der Waals surface area contributed by atoms with Crippen LogP contribution in [0.5, 0.6) is 5.75 Å². The molecule has 1 saturated carbocycles. The third kappa shape index (κ3) is 4.17. The Balaban J connectivity index is 1.63. The van der Waals surface area contributed by atoms with Crippen LogP contribution in [0.4, 0.5) is 5.69 Å². The first-order valence-corrected chi connectivity index (χ1v) is 12.0. The lowest BCUT2D eigenvalue weighted by Crippen LogP contribution is -2.46. The van der Waals surface area contributed by atoms with Gasteiger partial charge >= 0.3 is 0 Å². The minimum absolute atomic E-state index is 0.111. The summed E-state index contributed by atoms with van der Waals surface area (Å²) in [6.07, 6.45) is 2.38. The van der Waals surface area contributed by atoms with Crippen molar-refractivity contribution in [2.45, 2.75) is 29.6 Å². The van der Waals surface area contributed by atoms with Gasteiger partial charge in [-0.1, -0.05) is 30.2 Å². The van der Waals surface area contributed by atoms with E-state index in [1.165, 1.54) is 23.5 Å². The van der Waals surface area contributed by atoms with E-state index < -0.39 is 15.4 Å². The third-order valence-electron chi connectivity index (χ3n) is 6.07. The Morgan fingerprint density at radius 2 is 1.81 bits per heavy atom. The monoisotopic (exact) mass is 464 g/mol. The van der Waals surface area contributed by atoms with Crippen molar-refractivity contribution in [3.8, 4) is 5.75 Å². The predicted molar refractivity (Wildman–Crippen MR) is 118 cm³/mol. The molecular weight excluding hydrogens is 440 g/mol. The largest absolute Gasteiger partial charge is 0.495 e. The summed E-state index contributed by atoms with van der Waals surface area (Å²) in [6, 6.07) is 11.8. The highest BCUT2D eigenvalue weighted by Crippen LogP contribution is 2.45. The van der Waals surface area contributed by atoms with Crippen molar-refractivity contribution in [1.82, 2.24) is 4.31 Å². The summed E-state index contributed by atoms with van der Waals surface area (Å²) in [5.74, 6) is 0.222. The Morgan fingerprint density at radius 1 is 1.13 bits per heavy atom. The summed E-state index contributed by atoms with van der Waals surface area (Å²) >= 11 is 6.01. The number of morpholine rings is 1. The summed E-state index contributed by atoms with van der Waals surface area (Å²) < 4.78 is 38.1. The molecule has 7 nitrogen and oxygen atoms in total. The molecule has 0 unspecified atom stereocenters. The van der Waals surface area contributed by atoms with E-state index in [9.17, 15) is 13.2 Å². The van der Waals surface area contributed by atoms with E-state index in [1.807, 2.05) is 12.1 Å². The number of hydrogen-bond donors (Lipinski definition) is 1. The molecule has 0 aromatic heterocycles. The van der Waals surface area contributed by atoms with Crippen LogP contribution in [0.1, 0.15) is 24.8 Å². The molecule has 31 heavy (non-hydrogen) atoms. The molecule has 2 aromatic carbocycles. The molecule has 0 radical (unpaired) electrons. The van der Waals surface area contributed by atoms with Gasteiger partial charge in [0.2, 0.25) is 15.9 Å². The van der Waals surface area contributed by atoms with E-state index in [2.05, 4.69) is 5.32 Å². The number of amides is 1. The first kappa shape index (κ1) is 22.1. The molecule has 2 aromatic rings. The highest BCUT2D eigenvalue weighted by atomic mass is 35.5. The lowest BCUT2D eigenvalue weighted by Gasteiger charge is -2.40. The highest BCUT2D eigenvalue weighted by molar-refractivity contribution is 7.89. The maximum atomic E-state index is 13.4. The SMILES string of the molecule is COc1ccc(S(=O)(=O)N2CCOCC2)cc1NC(=O)C1(c2ccc(Cl)cc2)CCC1. The molecule has 1 aliphatic carbocycles. The molecule has 0 bridgehead atoms. The predicted octanol–water partition coefficient (Wildman–Crippen LogP) is 3.43. The summed E-state index contributed by atoms with van der Waals surface area (Å²) in [6.45, 7) is 1.33.